The van der Waals surface area contributed by atoms with Gasteiger partial charge in [-0.15, -0.1) is 17.5 Å². The Bertz CT molecular complexity index is 918. The van der Waals surface area contributed by atoms with Gasteiger partial charge < -0.3 is 4.90 Å². The molecule has 0 aromatic heterocycles. The van der Waals surface area contributed by atoms with Crippen molar-refractivity contribution in [3.63, 3.8) is 0 Å². The first-order valence-corrected chi connectivity index (χ1v) is 8.36. The summed E-state index contributed by atoms with van der Waals surface area (Å²) in [5.41, 5.74) is 4.65. The van der Waals surface area contributed by atoms with Crippen molar-refractivity contribution < 1.29 is 0 Å². The Morgan fingerprint density at radius 3 is 2.60 bits per heavy atom. The average Bonchev–Trinajstić information content (AvgIpc) is 2.72. The minimum atomic E-state index is 0. The summed E-state index contributed by atoms with van der Waals surface area (Å²) in [4.78, 5) is 6.92. The molecular formula is C18H15Cl3N4. The van der Waals surface area contributed by atoms with Crippen LogP contribution in [0.1, 0.15) is 18.1 Å². The summed E-state index contributed by atoms with van der Waals surface area (Å²) in [6, 6.07) is 13.5. The highest BCUT2D eigenvalue weighted by atomic mass is 35.5. The summed E-state index contributed by atoms with van der Waals surface area (Å²) in [5.74, 6) is 0.825. The Kier molecular flexibility index (Phi) is 5.13. The van der Waals surface area contributed by atoms with Gasteiger partial charge in [0.1, 0.15) is 0 Å². The third-order valence-corrected chi connectivity index (χ3v) is 4.61. The lowest BCUT2D eigenvalue weighted by atomic mass is 10.00. The second kappa shape index (κ2) is 7.16. The van der Waals surface area contributed by atoms with Crippen LogP contribution in [0.25, 0.3) is 0 Å². The lowest BCUT2D eigenvalue weighted by Gasteiger charge is -2.27. The molecule has 0 spiro atoms. The second-order valence-electron chi connectivity index (χ2n) is 5.74. The molecule has 0 atom stereocenters. The predicted octanol–water partition coefficient (Wildman–Crippen LogP) is 4.86. The van der Waals surface area contributed by atoms with Crippen LogP contribution in [0.5, 0.6) is 0 Å². The highest BCUT2D eigenvalue weighted by molar-refractivity contribution is 6.37. The van der Waals surface area contributed by atoms with Gasteiger partial charge in [-0.3, -0.25) is 4.99 Å². The molecule has 2 aliphatic rings. The molecule has 128 valence electrons. The van der Waals surface area contributed by atoms with Gasteiger partial charge in [-0.25, -0.2) is 0 Å². The Morgan fingerprint density at radius 2 is 1.80 bits per heavy atom. The van der Waals surface area contributed by atoms with Crippen molar-refractivity contribution in [1.29, 1.82) is 0 Å². The molecule has 4 nitrogen and oxygen atoms in total. The van der Waals surface area contributed by atoms with Gasteiger partial charge in [-0.05, 0) is 31.2 Å². The fourth-order valence-electron chi connectivity index (χ4n) is 2.94. The standard InChI is InChI=1S/C18H14Cl2N4.ClH/c1-11-10-24-16-7-6-12(19)8-14(16)18(21-9-17(24)23-22-11)13-4-2-3-5-15(13)20;/h2-8H,9-10H2,1H3;1H. The van der Waals surface area contributed by atoms with Gasteiger partial charge in [0.25, 0.3) is 0 Å². The molecule has 7 heteroatoms. The normalized spacial score (nSPS) is 15.8. The molecule has 2 aromatic rings. The van der Waals surface area contributed by atoms with Gasteiger partial charge in [0.05, 0.1) is 30.2 Å². The van der Waals surface area contributed by atoms with E-state index in [9.17, 15) is 0 Å². The van der Waals surface area contributed by atoms with Crippen LogP contribution in [-0.4, -0.2) is 30.3 Å². The number of halogens is 3. The van der Waals surface area contributed by atoms with Crippen molar-refractivity contribution in [2.75, 3.05) is 18.0 Å². The molecule has 0 unspecified atom stereocenters. The number of anilines is 1. The first-order valence-electron chi connectivity index (χ1n) is 7.60. The van der Waals surface area contributed by atoms with E-state index in [0.717, 1.165) is 34.1 Å². The monoisotopic (exact) mass is 392 g/mol. The molecule has 0 saturated carbocycles. The zero-order chi connectivity index (χ0) is 16.7. The Morgan fingerprint density at radius 1 is 1.00 bits per heavy atom. The van der Waals surface area contributed by atoms with Gasteiger partial charge in [0.15, 0.2) is 5.84 Å². The van der Waals surface area contributed by atoms with Crippen LogP contribution in [0, 0.1) is 0 Å². The van der Waals surface area contributed by atoms with E-state index in [-0.39, 0.29) is 12.4 Å². The second-order valence-corrected chi connectivity index (χ2v) is 6.59. The summed E-state index contributed by atoms with van der Waals surface area (Å²) in [6.45, 7) is 3.11. The SMILES string of the molecule is CC1=NN=C2CN=C(c3ccccc3Cl)c3cc(Cl)ccc3N2C1.Cl. The van der Waals surface area contributed by atoms with Crippen LogP contribution in [0.3, 0.4) is 0 Å². The summed E-state index contributed by atoms with van der Waals surface area (Å²) < 4.78 is 0. The highest BCUT2D eigenvalue weighted by Crippen LogP contribution is 2.32. The van der Waals surface area contributed by atoms with E-state index < -0.39 is 0 Å². The van der Waals surface area contributed by atoms with Crippen molar-refractivity contribution in [1.82, 2.24) is 0 Å². The maximum absolute atomic E-state index is 6.41. The van der Waals surface area contributed by atoms with Crippen LogP contribution in [0.2, 0.25) is 10.0 Å². The molecule has 2 heterocycles. The number of fused-ring (bicyclic) bond motifs is 3. The predicted molar refractivity (Wildman–Crippen MR) is 109 cm³/mol. The average molecular weight is 394 g/mol. The third-order valence-electron chi connectivity index (χ3n) is 4.05. The number of rotatable bonds is 1. The molecule has 0 radical (unpaired) electrons. The number of hydrogen-bond acceptors (Lipinski definition) is 4. The highest BCUT2D eigenvalue weighted by Gasteiger charge is 2.27. The van der Waals surface area contributed by atoms with Crippen LogP contribution in [0.15, 0.2) is 57.7 Å². The molecule has 0 fully saturated rings. The van der Waals surface area contributed by atoms with Crippen LogP contribution in [-0.2, 0) is 0 Å². The van der Waals surface area contributed by atoms with E-state index in [1.54, 1.807) is 0 Å². The lowest BCUT2D eigenvalue weighted by molar-refractivity contribution is 1.03. The van der Waals surface area contributed by atoms with E-state index in [2.05, 4.69) is 15.1 Å². The summed E-state index contributed by atoms with van der Waals surface area (Å²) in [6.07, 6.45) is 0. The van der Waals surface area contributed by atoms with E-state index in [0.29, 0.717) is 23.1 Å². The van der Waals surface area contributed by atoms with Crippen molar-refractivity contribution in [2.24, 2.45) is 15.2 Å². The largest absolute Gasteiger partial charge is 0.320 e. The molecule has 2 aromatic carbocycles. The molecule has 0 aliphatic carbocycles. The zero-order valence-corrected chi connectivity index (χ0v) is 15.7. The zero-order valence-electron chi connectivity index (χ0n) is 13.4. The first kappa shape index (κ1) is 17.9. The van der Waals surface area contributed by atoms with E-state index >= 15 is 0 Å². The fraction of sp³-hybridized carbons (Fsp3) is 0.167. The number of nitrogens with zero attached hydrogens (tertiary/aromatic N) is 4. The van der Waals surface area contributed by atoms with Gasteiger partial charge in [0.2, 0.25) is 0 Å². The maximum Gasteiger partial charge on any atom is 0.154 e. The summed E-state index contributed by atoms with van der Waals surface area (Å²) >= 11 is 12.7. The number of aliphatic imine (C=N–C) groups is 1. The van der Waals surface area contributed by atoms with Gasteiger partial charge in [0, 0.05) is 21.2 Å². The molecule has 4 rings (SSSR count). The molecular weight excluding hydrogens is 379 g/mol. The Hall–Kier alpha value is -1.88. The molecule has 25 heavy (non-hydrogen) atoms. The number of hydrogen-bond donors (Lipinski definition) is 0. The molecule has 0 bridgehead atoms. The van der Waals surface area contributed by atoms with Crippen LogP contribution in [0.4, 0.5) is 5.69 Å². The van der Waals surface area contributed by atoms with E-state index in [1.807, 2.05) is 49.4 Å². The minimum Gasteiger partial charge on any atom is -0.320 e. The summed E-state index contributed by atoms with van der Waals surface area (Å²) in [5, 5.41) is 9.85. The quantitative estimate of drug-likeness (QED) is 0.682. The smallest absolute Gasteiger partial charge is 0.154 e. The van der Waals surface area contributed by atoms with Crippen LogP contribution >= 0.6 is 35.6 Å². The van der Waals surface area contributed by atoms with Crippen molar-refractivity contribution in [3.8, 4) is 0 Å². The molecule has 0 saturated heterocycles. The molecule has 0 amide bonds. The van der Waals surface area contributed by atoms with Crippen molar-refractivity contribution >= 4 is 58.6 Å². The number of amidine groups is 1. The number of benzene rings is 2. The van der Waals surface area contributed by atoms with Gasteiger partial charge in [-0.2, -0.15) is 5.10 Å². The maximum atomic E-state index is 6.41. The summed E-state index contributed by atoms with van der Waals surface area (Å²) in [7, 11) is 0. The first-order chi connectivity index (χ1) is 11.6. The van der Waals surface area contributed by atoms with Crippen molar-refractivity contribution in [2.45, 2.75) is 6.92 Å². The van der Waals surface area contributed by atoms with Crippen LogP contribution < -0.4 is 4.90 Å². The van der Waals surface area contributed by atoms with Crippen molar-refractivity contribution in [3.05, 3.63) is 63.6 Å². The van der Waals surface area contributed by atoms with E-state index in [1.165, 1.54) is 0 Å². The minimum absolute atomic E-state index is 0. The Balaban J connectivity index is 0.00000182. The molecule has 0 N–H and O–H groups in total. The van der Waals surface area contributed by atoms with Gasteiger partial charge >= 0.3 is 0 Å². The molecule has 2 aliphatic heterocycles. The topological polar surface area (TPSA) is 40.3 Å². The lowest BCUT2D eigenvalue weighted by Crippen LogP contribution is -2.38. The Labute approximate surface area is 162 Å². The third kappa shape index (κ3) is 3.30. The van der Waals surface area contributed by atoms with E-state index in [4.69, 9.17) is 28.2 Å². The fourth-order valence-corrected chi connectivity index (χ4v) is 3.34. The van der Waals surface area contributed by atoms with Gasteiger partial charge in [-0.1, -0.05) is 41.4 Å².